The molecule has 0 aliphatic carbocycles. The summed E-state index contributed by atoms with van der Waals surface area (Å²) in [6.07, 6.45) is 0.337. The summed E-state index contributed by atoms with van der Waals surface area (Å²) < 4.78 is 11.3. The number of benzene rings is 4. The van der Waals surface area contributed by atoms with Gasteiger partial charge < -0.3 is 20.1 Å². The van der Waals surface area contributed by atoms with E-state index in [-0.39, 0.29) is 24.3 Å². The van der Waals surface area contributed by atoms with Gasteiger partial charge in [0.05, 0.1) is 7.11 Å². The summed E-state index contributed by atoms with van der Waals surface area (Å²) in [5.74, 6) is 0.566. The Kier molecular flexibility index (Phi) is 5.87. The number of anilines is 2. The Hall–Kier alpha value is -4.32. The van der Waals surface area contributed by atoms with E-state index in [2.05, 4.69) is 22.8 Å². The summed E-state index contributed by atoms with van der Waals surface area (Å²) in [5.41, 5.74) is 3.58. The number of rotatable bonds is 6. The van der Waals surface area contributed by atoms with Crippen molar-refractivity contribution < 1.29 is 19.1 Å². The van der Waals surface area contributed by atoms with Gasteiger partial charge in [0.25, 0.3) is 5.91 Å². The van der Waals surface area contributed by atoms with Crippen LogP contribution in [0.15, 0.2) is 84.9 Å². The normalized spacial score (nSPS) is 14.7. The standard InChI is InChI=1S/C28H24N2O4/c1-33-25-15-19(12-14-24(25)34-17-27(32)29-20-8-3-2-4-9-20)22-16-26(31)30-23-13-11-18-7-5-6-10-21(18)28(22)23/h2-15,22H,16-17H2,1H3,(H,29,32)(H,30,31). The van der Waals surface area contributed by atoms with E-state index in [1.807, 2.05) is 66.7 Å². The third-order valence-corrected chi connectivity index (χ3v) is 5.99. The zero-order chi connectivity index (χ0) is 23.5. The minimum absolute atomic E-state index is 0.0235. The molecule has 0 fully saturated rings. The molecule has 0 aromatic heterocycles. The molecule has 1 unspecified atom stereocenters. The number of carbonyl (C=O) groups is 2. The summed E-state index contributed by atoms with van der Waals surface area (Å²) in [4.78, 5) is 24.8. The van der Waals surface area contributed by atoms with Gasteiger partial charge in [-0.25, -0.2) is 0 Å². The van der Waals surface area contributed by atoms with Crippen LogP contribution in [0.4, 0.5) is 11.4 Å². The maximum Gasteiger partial charge on any atom is 0.262 e. The number of hydrogen-bond acceptors (Lipinski definition) is 4. The Bertz CT molecular complexity index is 1370. The highest BCUT2D eigenvalue weighted by molar-refractivity contribution is 6.01. The molecule has 1 aliphatic heterocycles. The fraction of sp³-hybridized carbons (Fsp3) is 0.143. The van der Waals surface area contributed by atoms with Gasteiger partial charge in [-0.3, -0.25) is 9.59 Å². The molecular formula is C28H24N2O4. The molecule has 0 spiro atoms. The van der Waals surface area contributed by atoms with E-state index in [9.17, 15) is 9.59 Å². The fourth-order valence-corrected chi connectivity index (χ4v) is 4.44. The van der Waals surface area contributed by atoms with Crippen LogP contribution < -0.4 is 20.1 Å². The second-order valence-corrected chi connectivity index (χ2v) is 8.17. The zero-order valence-corrected chi connectivity index (χ0v) is 18.7. The Morgan fingerprint density at radius 2 is 1.76 bits per heavy atom. The molecule has 4 aromatic carbocycles. The van der Waals surface area contributed by atoms with Crippen LogP contribution in [0.3, 0.4) is 0 Å². The lowest BCUT2D eigenvalue weighted by Gasteiger charge is -2.28. The van der Waals surface area contributed by atoms with Crippen molar-refractivity contribution in [3.63, 3.8) is 0 Å². The van der Waals surface area contributed by atoms with Gasteiger partial charge in [-0.2, -0.15) is 0 Å². The Morgan fingerprint density at radius 3 is 2.59 bits per heavy atom. The van der Waals surface area contributed by atoms with E-state index in [1.165, 1.54) is 0 Å². The number of amides is 2. The molecule has 0 saturated heterocycles. The van der Waals surface area contributed by atoms with Gasteiger partial charge in [0.2, 0.25) is 5.91 Å². The van der Waals surface area contributed by atoms with Crippen molar-refractivity contribution in [2.24, 2.45) is 0 Å². The van der Waals surface area contributed by atoms with Crippen molar-refractivity contribution in [3.05, 3.63) is 96.1 Å². The lowest BCUT2D eigenvalue weighted by Crippen LogP contribution is -2.24. The monoisotopic (exact) mass is 452 g/mol. The minimum atomic E-state index is -0.262. The van der Waals surface area contributed by atoms with Gasteiger partial charge >= 0.3 is 0 Å². The van der Waals surface area contributed by atoms with E-state index in [0.29, 0.717) is 23.6 Å². The third-order valence-electron chi connectivity index (χ3n) is 5.99. The molecule has 6 heteroatoms. The molecule has 1 heterocycles. The van der Waals surface area contributed by atoms with Gasteiger partial charge in [0, 0.05) is 23.7 Å². The first kappa shape index (κ1) is 21.5. The molecule has 6 nitrogen and oxygen atoms in total. The van der Waals surface area contributed by atoms with Crippen molar-refractivity contribution in [1.82, 2.24) is 0 Å². The quantitative estimate of drug-likeness (QED) is 0.414. The summed E-state index contributed by atoms with van der Waals surface area (Å²) in [6, 6.07) is 27.0. The third kappa shape index (κ3) is 4.30. The van der Waals surface area contributed by atoms with Gasteiger partial charge in [0.15, 0.2) is 18.1 Å². The molecular weight excluding hydrogens is 428 g/mol. The number of fused-ring (bicyclic) bond motifs is 3. The smallest absolute Gasteiger partial charge is 0.262 e. The molecule has 1 atom stereocenters. The van der Waals surface area contributed by atoms with Crippen LogP contribution in [0.25, 0.3) is 10.8 Å². The van der Waals surface area contributed by atoms with Gasteiger partial charge in [-0.15, -0.1) is 0 Å². The minimum Gasteiger partial charge on any atom is -0.493 e. The van der Waals surface area contributed by atoms with E-state index in [4.69, 9.17) is 9.47 Å². The van der Waals surface area contributed by atoms with Crippen LogP contribution >= 0.6 is 0 Å². The highest BCUT2D eigenvalue weighted by Gasteiger charge is 2.29. The van der Waals surface area contributed by atoms with Gasteiger partial charge in [0.1, 0.15) is 0 Å². The first-order valence-electron chi connectivity index (χ1n) is 11.1. The SMILES string of the molecule is COc1cc(C2CC(=O)Nc3ccc4ccccc4c32)ccc1OCC(=O)Nc1ccccc1. The number of methoxy groups -OCH3 is 1. The fourth-order valence-electron chi connectivity index (χ4n) is 4.44. The summed E-state index contributed by atoms with van der Waals surface area (Å²) in [6.45, 7) is -0.149. The number of carbonyl (C=O) groups excluding carboxylic acids is 2. The molecule has 0 saturated carbocycles. The molecule has 0 bridgehead atoms. The highest BCUT2D eigenvalue weighted by Crippen LogP contribution is 2.43. The summed E-state index contributed by atoms with van der Waals surface area (Å²) in [7, 11) is 1.56. The second kappa shape index (κ2) is 9.27. The number of ether oxygens (including phenoxy) is 2. The number of para-hydroxylation sites is 1. The average Bonchev–Trinajstić information content (AvgIpc) is 2.87. The second-order valence-electron chi connectivity index (χ2n) is 8.17. The number of nitrogens with one attached hydrogen (secondary N) is 2. The summed E-state index contributed by atoms with van der Waals surface area (Å²) >= 11 is 0. The average molecular weight is 453 g/mol. The van der Waals surface area contributed by atoms with Gasteiger partial charge in [-0.05, 0) is 52.2 Å². The Labute approximate surface area is 197 Å². The van der Waals surface area contributed by atoms with Crippen LogP contribution in [0, 0.1) is 0 Å². The van der Waals surface area contributed by atoms with E-state index < -0.39 is 0 Å². The maximum absolute atomic E-state index is 12.5. The lowest BCUT2D eigenvalue weighted by atomic mass is 9.82. The first-order valence-corrected chi connectivity index (χ1v) is 11.1. The molecule has 0 radical (unpaired) electrons. The molecule has 5 rings (SSSR count). The molecule has 1 aliphatic rings. The van der Waals surface area contributed by atoms with Crippen molar-refractivity contribution in [1.29, 1.82) is 0 Å². The molecule has 34 heavy (non-hydrogen) atoms. The van der Waals surface area contributed by atoms with E-state index in [1.54, 1.807) is 13.2 Å². The molecule has 4 aromatic rings. The van der Waals surface area contributed by atoms with Crippen LogP contribution in [0.5, 0.6) is 11.5 Å². The first-order chi connectivity index (χ1) is 16.6. The topological polar surface area (TPSA) is 76.7 Å². The summed E-state index contributed by atoms with van der Waals surface area (Å²) in [5, 5.41) is 8.04. The van der Waals surface area contributed by atoms with Crippen LogP contribution in [-0.4, -0.2) is 25.5 Å². The predicted molar refractivity (Wildman–Crippen MR) is 133 cm³/mol. The largest absolute Gasteiger partial charge is 0.493 e. The zero-order valence-electron chi connectivity index (χ0n) is 18.7. The van der Waals surface area contributed by atoms with Crippen molar-refractivity contribution in [2.45, 2.75) is 12.3 Å². The molecule has 2 N–H and O–H groups in total. The van der Waals surface area contributed by atoms with Crippen LogP contribution in [0.2, 0.25) is 0 Å². The predicted octanol–water partition coefficient (Wildman–Crippen LogP) is 5.34. The number of hydrogen-bond donors (Lipinski definition) is 2. The Morgan fingerprint density at radius 1 is 0.971 bits per heavy atom. The molecule has 2 amide bonds. The Balaban J connectivity index is 1.41. The van der Waals surface area contributed by atoms with E-state index in [0.717, 1.165) is 27.6 Å². The van der Waals surface area contributed by atoms with Crippen LogP contribution in [-0.2, 0) is 9.59 Å². The maximum atomic E-state index is 12.5. The molecule has 170 valence electrons. The van der Waals surface area contributed by atoms with Crippen molar-refractivity contribution in [2.75, 3.05) is 24.4 Å². The van der Waals surface area contributed by atoms with Crippen LogP contribution in [0.1, 0.15) is 23.5 Å². The lowest BCUT2D eigenvalue weighted by molar-refractivity contribution is -0.118. The van der Waals surface area contributed by atoms with E-state index >= 15 is 0 Å². The van der Waals surface area contributed by atoms with Crippen molar-refractivity contribution in [3.8, 4) is 11.5 Å². The van der Waals surface area contributed by atoms with Crippen molar-refractivity contribution >= 4 is 34.0 Å². The van der Waals surface area contributed by atoms with Gasteiger partial charge in [-0.1, -0.05) is 54.6 Å². The highest BCUT2D eigenvalue weighted by atomic mass is 16.5.